The molecule has 0 radical (unpaired) electrons. The first-order valence-electron chi connectivity index (χ1n) is 4.79. The summed E-state index contributed by atoms with van der Waals surface area (Å²) in [5, 5.41) is 10.7. The van der Waals surface area contributed by atoms with Gasteiger partial charge in [-0.1, -0.05) is 13.3 Å². The van der Waals surface area contributed by atoms with Crippen molar-refractivity contribution in [2.75, 3.05) is 5.73 Å². The first-order chi connectivity index (χ1) is 7.07. The summed E-state index contributed by atoms with van der Waals surface area (Å²) >= 11 is 0. The highest BCUT2D eigenvalue weighted by Gasteiger charge is 2.18. The normalized spacial score (nSPS) is 10.3. The summed E-state index contributed by atoms with van der Waals surface area (Å²) in [4.78, 5) is 10.1. The SMILES string of the molecule is CCCCc1c([N+](=O)[O-])ccc(F)c1N. The van der Waals surface area contributed by atoms with E-state index < -0.39 is 10.7 Å². The Morgan fingerprint density at radius 3 is 2.73 bits per heavy atom. The van der Waals surface area contributed by atoms with E-state index in [0.29, 0.717) is 12.0 Å². The highest BCUT2D eigenvalue weighted by molar-refractivity contribution is 5.58. The van der Waals surface area contributed by atoms with Crippen LogP contribution in [0.3, 0.4) is 0 Å². The summed E-state index contributed by atoms with van der Waals surface area (Å²) in [6.45, 7) is 1.96. The second-order valence-electron chi connectivity index (χ2n) is 3.32. The van der Waals surface area contributed by atoms with Crippen molar-refractivity contribution < 1.29 is 9.31 Å². The molecular weight excluding hydrogens is 199 g/mol. The van der Waals surface area contributed by atoms with E-state index in [4.69, 9.17) is 5.73 Å². The predicted molar refractivity (Wildman–Crippen MR) is 56.1 cm³/mol. The third kappa shape index (κ3) is 2.43. The zero-order valence-corrected chi connectivity index (χ0v) is 8.50. The number of hydrogen-bond donors (Lipinski definition) is 1. The van der Waals surface area contributed by atoms with Crippen LogP contribution in [0.4, 0.5) is 15.8 Å². The Morgan fingerprint density at radius 1 is 1.53 bits per heavy atom. The van der Waals surface area contributed by atoms with Gasteiger partial charge in [0.2, 0.25) is 0 Å². The second kappa shape index (κ2) is 4.72. The van der Waals surface area contributed by atoms with Crippen LogP contribution in [0.2, 0.25) is 0 Å². The average molecular weight is 212 g/mol. The number of unbranched alkanes of at least 4 members (excludes halogenated alkanes) is 1. The largest absolute Gasteiger partial charge is 0.396 e. The fourth-order valence-electron chi connectivity index (χ4n) is 1.41. The maximum atomic E-state index is 13.1. The number of nitrogens with zero attached hydrogens (tertiary/aromatic N) is 1. The standard InChI is InChI=1S/C10H13FN2O2/c1-2-3-4-7-9(13(14)15)6-5-8(11)10(7)12/h5-6H,2-4,12H2,1H3. The van der Waals surface area contributed by atoms with E-state index in [9.17, 15) is 14.5 Å². The number of hydrogen-bond acceptors (Lipinski definition) is 3. The highest BCUT2D eigenvalue weighted by Crippen LogP contribution is 2.28. The van der Waals surface area contributed by atoms with Crippen molar-refractivity contribution in [1.82, 2.24) is 0 Å². The molecular formula is C10H13FN2O2. The van der Waals surface area contributed by atoms with Crippen LogP contribution in [0.5, 0.6) is 0 Å². The van der Waals surface area contributed by atoms with Gasteiger partial charge >= 0.3 is 0 Å². The van der Waals surface area contributed by atoms with Crippen molar-refractivity contribution in [3.8, 4) is 0 Å². The lowest BCUT2D eigenvalue weighted by atomic mass is 10.0. The Hall–Kier alpha value is -1.65. The molecule has 0 atom stereocenters. The zero-order valence-electron chi connectivity index (χ0n) is 8.50. The Labute approximate surface area is 87.0 Å². The predicted octanol–water partition coefficient (Wildman–Crippen LogP) is 2.66. The molecule has 0 amide bonds. The van der Waals surface area contributed by atoms with E-state index in [2.05, 4.69) is 0 Å². The molecule has 4 nitrogen and oxygen atoms in total. The van der Waals surface area contributed by atoms with Crippen LogP contribution in [0, 0.1) is 15.9 Å². The molecule has 0 saturated heterocycles. The van der Waals surface area contributed by atoms with Gasteiger partial charge in [-0.2, -0.15) is 0 Å². The summed E-state index contributed by atoms with van der Waals surface area (Å²) in [5.41, 5.74) is 5.60. The molecule has 5 heteroatoms. The van der Waals surface area contributed by atoms with E-state index in [1.165, 1.54) is 0 Å². The lowest BCUT2D eigenvalue weighted by molar-refractivity contribution is -0.385. The molecule has 2 N–H and O–H groups in total. The monoisotopic (exact) mass is 212 g/mol. The van der Waals surface area contributed by atoms with Crippen LogP contribution >= 0.6 is 0 Å². The van der Waals surface area contributed by atoms with Crippen molar-refractivity contribution in [1.29, 1.82) is 0 Å². The van der Waals surface area contributed by atoms with Crippen molar-refractivity contribution >= 4 is 11.4 Å². The van der Waals surface area contributed by atoms with Crippen molar-refractivity contribution in [3.63, 3.8) is 0 Å². The molecule has 0 aliphatic heterocycles. The quantitative estimate of drug-likeness (QED) is 0.474. The third-order valence-corrected chi connectivity index (χ3v) is 2.26. The fourth-order valence-corrected chi connectivity index (χ4v) is 1.41. The summed E-state index contributed by atoms with van der Waals surface area (Å²) in [6.07, 6.45) is 2.08. The minimum absolute atomic E-state index is 0.0950. The number of halogens is 1. The van der Waals surface area contributed by atoms with Crippen LogP contribution in [0.1, 0.15) is 25.3 Å². The van der Waals surface area contributed by atoms with Crippen LogP contribution in [0.25, 0.3) is 0 Å². The number of anilines is 1. The summed E-state index contributed by atoms with van der Waals surface area (Å²) < 4.78 is 13.1. The molecule has 0 aliphatic carbocycles. The van der Waals surface area contributed by atoms with Gasteiger partial charge in [-0.3, -0.25) is 10.1 Å². The number of nitrogen functional groups attached to an aromatic ring is 1. The summed E-state index contributed by atoms with van der Waals surface area (Å²) in [5.74, 6) is -0.591. The molecule has 15 heavy (non-hydrogen) atoms. The van der Waals surface area contributed by atoms with Gasteiger partial charge in [0.1, 0.15) is 5.82 Å². The molecule has 1 aromatic carbocycles. The van der Waals surface area contributed by atoms with E-state index >= 15 is 0 Å². The van der Waals surface area contributed by atoms with Gasteiger partial charge in [-0.15, -0.1) is 0 Å². The number of rotatable bonds is 4. The molecule has 0 aromatic heterocycles. The molecule has 0 bridgehead atoms. The molecule has 0 spiro atoms. The lowest BCUT2D eigenvalue weighted by Crippen LogP contribution is -2.03. The Kier molecular flexibility index (Phi) is 3.60. The van der Waals surface area contributed by atoms with E-state index in [1.807, 2.05) is 6.92 Å². The summed E-state index contributed by atoms with van der Waals surface area (Å²) in [6, 6.07) is 2.19. The topological polar surface area (TPSA) is 69.2 Å². The molecule has 0 fully saturated rings. The third-order valence-electron chi connectivity index (χ3n) is 2.26. The molecule has 0 unspecified atom stereocenters. The molecule has 1 rings (SSSR count). The smallest absolute Gasteiger partial charge is 0.274 e. The van der Waals surface area contributed by atoms with Crippen LogP contribution in [0.15, 0.2) is 12.1 Å². The Morgan fingerprint density at radius 2 is 2.20 bits per heavy atom. The number of nitrogens with two attached hydrogens (primary N) is 1. The maximum absolute atomic E-state index is 13.1. The number of nitro groups is 1. The molecule has 0 heterocycles. The first-order valence-corrected chi connectivity index (χ1v) is 4.79. The zero-order chi connectivity index (χ0) is 11.4. The van der Waals surface area contributed by atoms with Gasteiger partial charge in [0, 0.05) is 6.07 Å². The average Bonchev–Trinajstić information content (AvgIpc) is 2.19. The molecule has 82 valence electrons. The van der Waals surface area contributed by atoms with Crippen LogP contribution in [-0.4, -0.2) is 4.92 Å². The van der Waals surface area contributed by atoms with E-state index in [0.717, 1.165) is 25.0 Å². The second-order valence-corrected chi connectivity index (χ2v) is 3.32. The van der Waals surface area contributed by atoms with Gasteiger partial charge in [-0.05, 0) is 18.9 Å². The van der Waals surface area contributed by atoms with Gasteiger partial charge in [-0.25, -0.2) is 4.39 Å². The van der Waals surface area contributed by atoms with E-state index in [1.54, 1.807) is 0 Å². The highest BCUT2D eigenvalue weighted by atomic mass is 19.1. The van der Waals surface area contributed by atoms with Crippen molar-refractivity contribution in [2.24, 2.45) is 0 Å². The number of nitro benzene ring substituents is 1. The minimum atomic E-state index is -0.591. The Balaban J connectivity index is 3.16. The molecule has 0 aliphatic rings. The van der Waals surface area contributed by atoms with E-state index in [-0.39, 0.29) is 11.4 Å². The Bertz CT molecular complexity index is 380. The number of benzene rings is 1. The fraction of sp³-hybridized carbons (Fsp3) is 0.400. The molecule has 1 aromatic rings. The van der Waals surface area contributed by atoms with Gasteiger partial charge in [0.05, 0.1) is 16.2 Å². The van der Waals surface area contributed by atoms with Crippen molar-refractivity contribution in [3.05, 3.63) is 33.6 Å². The first kappa shape index (κ1) is 11.4. The van der Waals surface area contributed by atoms with Gasteiger partial charge in [0.15, 0.2) is 0 Å². The minimum Gasteiger partial charge on any atom is -0.396 e. The van der Waals surface area contributed by atoms with Crippen LogP contribution in [-0.2, 0) is 6.42 Å². The maximum Gasteiger partial charge on any atom is 0.274 e. The van der Waals surface area contributed by atoms with Crippen LogP contribution < -0.4 is 5.73 Å². The van der Waals surface area contributed by atoms with Gasteiger partial charge < -0.3 is 5.73 Å². The van der Waals surface area contributed by atoms with Gasteiger partial charge in [0.25, 0.3) is 5.69 Å². The lowest BCUT2D eigenvalue weighted by Gasteiger charge is -2.06. The van der Waals surface area contributed by atoms with Crippen molar-refractivity contribution in [2.45, 2.75) is 26.2 Å². The summed E-state index contributed by atoms with van der Waals surface area (Å²) in [7, 11) is 0. The molecule has 0 saturated carbocycles.